The topological polar surface area (TPSA) is 103 Å². The zero-order valence-corrected chi connectivity index (χ0v) is 15.3. The lowest BCUT2D eigenvalue weighted by atomic mass is 9.75. The zero-order chi connectivity index (χ0) is 18.9. The molecule has 2 aliphatic heterocycles. The summed E-state index contributed by atoms with van der Waals surface area (Å²) in [7, 11) is 1.48. The highest BCUT2D eigenvalue weighted by molar-refractivity contribution is 6.33. The van der Waals surface area contributed by atoms with Gasteiger partial charge in [-0.1, -0.05) is 11.6 Å². The molecule has 0 aliphatic carbocycles. The number of nitrogens with zero attached hydrogens (tertiary/aromatic N) is 3. The van der Waals surface area contributed by atoms with E-state index in [4.69, 9.17) is 16.3 Å². The van der Waals surface area contributed by atoms with Crippen molar-refractivity contribution < 1.29 is 24.5 Å². The van der Waals surface area contributed by atoms with E-state index in [9.17, 15) is 19.8 Å². The minimum atomic E-state index is -1.18. The van der Waals surface area contributed by atoms with Gasteiger partial charge in [-0.3, -0.25) is 4.79 Å². The van der Waals surface area contributed by atoms with Gasteiger partial charge >= 0.3 is 5.97 Å². The van der Waals surface area contributed by atoms with Crippen LogP contribution in [-0.2, 0) is 9.53 Å². The minimum absolute atomic E-state index is 0.0234. The molecule has 2 N–H and O–H groups in total. The first-order valence-electron chi connectivity index (χ1n) is 8.48. The van der Waals surface area contributed by atoms with Crippen LogP contribution >= 0.6 is 11.6 Å². The molecule has 0 bridgehead atoms. The van der Waals surface area contributed by atoms with Crippen LogP contribution in [0.4, 0.5) is 5.82 Å². The van der Waals surface area contributed by atoms with Gasteiger partial charge < -0.3 is 24.7 Å². The van der Waals surface area contributed by atoms with Crippen LogP contribution < -0.4 is 4.90 Å². The van der Waals surface area contributed by atoms with Crippen LogP contribution in [0.1, 0.15) is 23.3 Å². The predicted octanol–water partition coefficient (Wildman–Crippen LogP) is 0.869. The van der Waals surface area contributed by atoms with E-state index in [2.05, 4.69) is 4.98 Å². The van der Waals surface area contributed by atoms with E-state index in [1.807, 2.05) is 4.90 Å². The number of carboxylic acid groups (broad SMARTS) is 1. The third-order valence-corrected chi connectivity index (χ3v) is 5.55. The van der Waals surface area contributed by atoms with Crippen molar-refractivity contribution in [1.29, 1.82) is 0 Å². The maximum Gasteiger partial charge on any atom is 0.356 e. The summed E-state index contributed by atoms with van der Waals surface area (Å²) < 4.78 is 4.91. The normalized spacial score (nSPS) is 25.7. The average molecular weight is 384 g/mol. The van der Waals surface area contributed by atoms with Crippen LogP contribution in [0.2, 0.25) is 5.02 Å². The molecular formula is C17H22ClN3O5. The van der Waals surface area contributed by atoms with E-state index in [1.165, 1.54) is 13.2 Å². The fourth-order valence-electron chi connectivity index (χ4n) is 3.71. The molecule has 0 aromatic carbocycles. The van der Waals surface area contributed by atoms with Gasteiger partial charge in [-0.2, -0.15) is 0 Å². The Labute approximate surface area is 156 Å². The molecule has 0 radical (unpaired) electrons. The Morgan fingerprint density at radius 1 is 1.35 bits per heavy atom. The van der Waals surface area contributed by atoms with Crippen molar-refractivity contribution >= 4 is 29.3 Å². The third-order valence-electron chi connectivity index (χ3n) is 5.25. The molecule has 1 amide bonds. The Bertz CT molecular complexity index is 716. The number of aliphatic hydroxyl groups is 1. The highest BCUT2D eigenvalue weighted by Crippen LogP contribution is 2.37. The van der Waals surface area contributed by atoms with Gasteiger partial charge in [0.25, 0.3) is 0 Å². The summed E-state index contributed by atoms with van der Waals surface area (Å²) in [4.78, 5) is 31.2. The average Bonchev–Trinajstić information content (AvgIpc) is 2.61. The molecule has 0 saturated carbocycles. The Morgan fingerprint density at radius 3 is 2.77 bits per heavy atom. The Morgan fingerprint density at radius 2 is 2.08 bits per heavy atom. The second kappa shape index (κ2) is 7.38. The van der Waals surface area contributed by atoms with Crippen LogP contribution in [-0.4, -0.2) is 77.5 Å². The lowest BCUT2D eigenvalue weighted by Crippen LogP contribution is -2.61. The number of aromatic carboxylic acids is 1. The first-order valence-corrected chi connectivity index (χ1v) is 8.86. The molecule has 0 unspecified atom stereocenters. The molecule has 9 heteroatoms. The number of carbonyl (C=O) groups is 2. The van der Waals surface area contributed by atoms with Crippen molar-refractivity contribution in [1.82, 2.24) is 9.88 Å². The number of likely N-dealkylation sites (tertiary alicyclic amines) is 1. The number of aromatic nitrogens is 1. The highest BCUT2D eigenvalue weighted by atomic mass is 35.5. The number of hydrogen-bond donors (Lipinski definition) is 2. The van der Waals surface area contributed by atoms with Crippen molar-refractivity contribution in [3.05, 3.63) is 22.8 Å². The van der Waals surface area contributed by atoms with Gasteiger partial charge in [0.15, 0.2) is 5.69 Å². The standard InChI is InChI=1S/C17H22ClN3O5/c1-26-10-14(22)21-7-5-17(25)4-6-20(8-11(17)9-21)13-3-2-12(18)15(19-13)16(23)24/h2-3,11,25H,4-10H2,1H3,(H,23,24)/t11-,17-/m0/s1. The first-order chi connectivity index (χ1) is 12.3. The van der Waals surface area contributed by atoms with E-state index >= 15 is 0 Å². The molecule has 1 aromatic rings. The summed E-state index contributed by atoms with van der Waals surface area (Å²) in [6.07, 6.45) is 1.06. The van der Waals surface area contributed by atoms with E-state index in [1.54, 1.807) is 11.0 Å². The molecule has 2 aliphatic rings. The maximum absolute atomic E-state index is 12.1. The number of ether oxygens (including phenoxy) is 1. The van der Waals surface area contributed by atoms with Gasteiger partial charge in [0.1, 0.15) is 12.4 Å². The van der Waals surface area contributed by atoms with Crippen LogP contribution in [0.15, 0.2) is 12.1 Å². The van der Waals surface area contributed by atoms with Crippen molar-refractivity contribution in [3.63, 3.8) is 0 Å². The first kappa shape index (κ1) is 18.9. The largest absolute Gasteiger partial charge is 0.476 e. The summed E-state index contributed by atoms with van der Waals surface area (Å²) in [5, 5.41) is 20.2. The molecule has 1 aromatic heterocycles. The van der Waals surface area contributed by atoms with E-state index in [0.29, 0.717) is 44.8 Å². The molecule has 0 spiro atoms. The fraction of sp³-hybridized carbons (Fsp3) is 0.588. The molecule has 2 saturated heterocycles. The summed E-state index contributed by atoms with van der Waals surface area (Å²) in [5.74, 6) is -0.908. The maximum atomic E-state index is 12.1. The van der Waals surface area contributed by atoms with E-state index in [-0.39, 0.29) is 29.1 Å². The number of fused-ring (bicyclic) bond motifs is 1. The number of methoxy groups -OCH3 is 1. The molecule has 3 rings (SSSR count). The molecule has 8 nitrogen and oxygen atoms in total. The van der Waals surface area contributed by atoms with E-state index < -0.39 is 11.6 Å². The molecule has 2 atom stereocenters. The van der Waals surface area contributed by atoms with Crippen LogP contribution in [0.3, 0.4) is 0 Å². The third kappa shape index (κ3) is 3.62. The zero-order valence-electron chi connectivity index (χ0n) is 14.5. The summed E-state index contributed by atoms with van der Waals surface area (Å²) in [6, 6.07) is 3.19. The number of halogens is 1. The Balaban J connectivity index is 1.77. The van der Waals surface area contributed by atoms with E-state index in [0.717, 1.165) is 0 Å². The van der Waals surface area contributed by atoms with Crippen molar-refractivity contribution in [2.24, 2.45) is 5.92 Å². The number of amides is 1. The van der Waals surface area contributed by atoms with Gasteiger partial charge in [-0.25, -0.2) is 9.78 Å². The number of hydrogen-bond acceptors (Lipinski definition) is 6. The molecular weight excluding hydrogens is 362 g/mol. The van der Waals surface area contributed by atoms with Crippen LogP contribution in [0.25, 0.3) is 0 Å². The number of pyridine rings is 1. The molecule has 2 fully saturated rings. The fourth-order valence-corrected chi connectivity index (χ4v) is 3.90. The van der Waals surface area contributed by atoms with Gasteiger partial charge in [-0.05, 0) is 25.0 Å². The molecule has 26 heavy (non-hydrogen) atoms. The van der Waals surface area contributed by atoms with Crippen molar-refractivity contribution in [2.75, 3.05) is 44.8 Å². The summed E-state index contributed by atoms with van der Waals surface area (Å²) in [6.45, 7) is 2.02. The van der Waals surface area contributed by atoms with Gasteiger partial charge in [0, 0.05) is 39.2 Å². The monoisotopic (exact) mass is 383 g/mol. The smallest absolute Gasteiger partial charge is 0.356 e. The van der Waals surface area contributed by atoms with Crippen molar-refractivity contribution in [3.8, 4) is 0 Å². The second-order valence-corrected chi connectivity index (χ2v) is 7.23. The predicted molar refractivity (Wildman–Crippen MR) is 94.5 cm³/mol. The minimum Gasteiger partial charge on any atom is -0.476 e. The number of anilines is 1. The number of carbonyl (C=O) groups excluding carboxylic acids is 1. The second-order valence-electron chi connectivity index (χ2n) is 6.82. The number of carboxylic acids is 1. The highest BCUT2D eigenvalue weighted by Gasteiger charge is 2.46. The Hall–Kier alpha value is -1.90. The van der Waals surface area contributed by atoms with Crippen LogP contribution in [0.5, 0.6) is 0 Å². The quantitative estimate of drug-likeness (QED) is 0.795. The van der Waals surface area contributed by atoms with Gasteiger partial charge in [0.05, 0.1) is 10.6 Å². The lowest BCUT2D eigenvalue weighted by molar-refractivity contribution is -0.145. The SMILES string of the molecule is COCC(=O)N1CC[C@@]2(O)CCN(c3ccc(Cl)c(C(=O)O)n3)C[C@H]2C1. The van der Waals surface area contributed by atoms with Gasteiger partial charge in [0.2, 0.25) is 5.91 Å². The van der Waals surface area contributed by atoms with Crippen LogP contribution in [0, 0.1) is 5.92 Å². The summed E-state index contributed by atoms with van der Waals surface area (Å²) >= 11 is 5.89. The number of piperidine rings is 2. The van der Waals surface area contributed by atoms with Gasteiger partial charge in [-0.15, -0.1) is 0 Å². The lowest BCUT2D eigenvalue weighted by Gasteiger charge is -2.50. The molecule has 3 heterocycles. The number of rotatable bonds is 4. The Kier molecular flexibility index (Phi) is 5.36. The molecule has 142 valence electrons. The summed E-state index contributed by atoms with van der Waals surface area (Å²) in [5.41, 5.74) is -1.01. The van der Waals surface area contributed by atoms with Crippen molar-refractivity contribution in [2.45, 2.75) is 18.4 Å².